The molecule has 0 unspecified atom stereocenters. The Balaban J connectivity index is 0.000000292. The van der Waals surface area contributed by atoms with Crippen molar-refractivity contribution in [2.75, 3.05) is 6.07 Å². The molecule has 0 aliphatic heterocycles. The van der Waals surface area contributed by atoms with E-state index >= 15 is 0 Å². The van der Waals surface area contributed by atoms with Gasteiger partial charge in [-0.1, -0.05) is 35.9 Å². The van der Waals surface area contributed by atoms with Crippen molar-refractivity contribution in [1.29, 1.82) is 0 Å². The Kier molecular flexibility index (Phi) is 9.78. The Morgan fingerprint density at radius 2 is 2.06 bits per heavy atom. The van der Waals surface area contributed by atoms with E-state index in [2.05, 4.69) is 0 Å². The number of alkyl halides is 1. The molecule has 0 amide bonds. The van der Waals surface area contributed by atoms with E-state index in [0.717, 1.165) is 11.8 Å². The van der Waals surface area contributed by atoms with Crippen LogP contribution < -0.4 is 5.11 Å². The normalized spacial score (nSPS) is 11.7. The van der Waals surface area contributed by atoms with Crippen molar-refractivity contribution >= 4 is 11.6 Å². The van der Waals surface area contributed by atoms with Crippen molar-refractivity contribution in [3.8, 4) is 0 Å². The summed E-state index contributed by atoms with van der Waals surface area (Å²) in [6.07, 6.45) is 8.05. The Hall–Kier alpha value is -0.861. The van der Waals surface area contributed by atoms with Gasteiger partial charge in [0.05, 0.1) is 6.61 Å². The molecule has 0 spiro atoms. The molecule has 0 heterocycles. The predicted octanol–water partition coefficient (Wildman–Crippen LogP) is 2.47. The first-order chi connectivity index (χ1) is 7.86. The SMILES string of the molecule is ClCOCc1ccc[cH-]1.[Fe+2].[O-]C=C1C=CC=C1. The van der Waals surface area contributed by atoms with E-state index in [4.69, 9.17) is 16.3 Å². The summed E-state index contributed by atoms with van der Waals surface area (Å²) in [7, 11) is 0. The first kappa shape index (κ1) is 16.1. The largest absolute Gasteiger partial charge is 2.00 e. The van der Waals surface area contributed by atoms with Crippen LogP contribution in [0.15, 0.2) is 60.4 Å². The molecule has 1 aliphatic rings. The molecular weight excluding hydrogens is 279 g/mol. The summed E-state index contributed by atoms with van der Waals surface area (Å²) in [6, 6.07) is 8.24. The van der Waals surface area contributed by atoms with Crippen LogP contribution in [0.2, 0.25) is 0 Å². The molecule has 0 saturated heterocycles. The van der Waals surface area contributed by atoms with E-state index in [9.17, 15) is 5.11 Å². The van der Waals surface area contributed by atoms with Gasteiger partial charge >= 0.3 is 17.1 Å². The van der Waals surface area contributed by atoms with Crippen LogP contribution in [0.5, 0.6) is 0 Å². The van der Waals surface area contributed by atoms with Crippen LogP contribution in [0, 0.1) is 0 Å². The molecule has 2 rings (SSSR count). The fourth-order valence-corrected chi connectivity index (χ4v) is 1.21. The third-order valence-corrected chi connectivity index (χ3v) is 2.06. The van der Waals surface area contributed by atoms with Gasteiger partial charge in [-0.05, 0) is 5.57 Å². The molecule has 0 atom stereocenters. The Bertz CT molecular complexity index is 353. The first-order valence-electron chi connectivity index (χ1n) is 4.88. The quantitative estimate of drug-likeness (QED) is 0.371. The maximum Gasteiger partial charge on any atom is 2.00 e. The zero-order chi connectivity index (χ0) is 11.6. The Morgan fingerprint density at radius 1 is 1.35 bits per heavy atom. The molecule has 0 aromatic heterocycles. The summed E-state index contributed by atoms with van der Waals surface area (Å²) in [5.74, 6) is 0. The maximum atomic E-state index is 9.87. The molecular formula is C13H13ClFeO2. The minimum absolute atomic E-state index is 0. The Labute approximate surface area is 117 Å². The number of hydrogen-bond donors (Lipinski definition) is 0. The van der Waals surface area contributed by atoms with Crippen LogP contribution in [0.4, 0.5) is 0 Å². The number of ether oxygens (including phenoxy) is 1. The van der Waals surface area contributed by atoms with Crippen molar-refractivity contribution < 1.29 is 26.9 Å². The van der Waals surface area contributed by atoms with E-state index in [1.807, 2.05) is 36.4 Å². The van der Waals surface area contributed by atoms with E-state index in [0.29, 0.717) is 6.61 Å². The summed E-state index contributed by atoms with van der Waals surface area (Å²) >= 11 is 5.30. The summed E-state index contributed by atoms with van der Waals surface area (Å²) in [6.45, 7) is 0.622. The molecule has 0 fully saturated rings. The number of halogens is 1. The average molecular weight is 293 g/mol. The molecule has 1 aliphatic carbocycles. The van der Waals surface area contributed by atoms with Gasteiger partial charge in [0.25, 0.3) is 0 Å². The topological polar surface area (TPSA) is 32.3 Å². The van der Waals surface area contributed by atoms with Crippen molar-refractivity contribution in [2.45, 2.75) is 6.61 Å². The molecule has 92 valence electrons. The molecule has 1 aromatic rings. The molecule has 1 aromatic carbocycles. The van der Waals surface area contributed by atoms with Crippen LogP contribution in [0.25, 0.3) is 0 Å². The van der Waals surface area contributed by atoms with Gasteiger partial charge in [0.15, 0.2) is 0 Å². The molecule has 0 saturated carbocycles. The van der Waals surface area contributed by atoms with Crippen LogP contribution in [-0.2, 0) is 28.4 Å². The van der Waals surface area contributed by atoms with Crippen LogP contribution in [0.3, 0.4) is 0 Å². The molecule has 0 bridgehead atoms. The smallest absolute Gasteiger partial charge is 0.877 e. The van der Waals surface area contributed by atoms with Crippen LogP contribution >= 0.6 is 11.6 Å². The molecule has 0 N–H and O–H groups in total. The standard InChI is InChI=1S/C7H8ClO.C6H6O.Fe/c8-6-9-5-7-3-1-2-4-7;7-5-6-3-1-2-4-6;/h1-4H,5-6H2;1-5,7H;/q-1;;+2/p-1. The zero-order valence-corrected chi connectivity index (χ0v) is 11.0. The summed E-state index contributed by atoms with van der Waals surface area (Å²) in [5.41, 5.74) is 1.93. The van der Waals surface area contributed by atoms with E-state index < -0.39 is 0 Å². The minimum Gasteiger partial charge on any atom is -0.877 e. The second-order valence-corrected chi connectivity index (χ2v) is 3.31. The second-order valence-electron chi connectivity index (χ2n) is 3.09. The fourth-order valence-electron chi connectivity index (χ4n) is 1.13. The second kappa shape index (κ2) is 10.3. The predicted molar refractivity (Wildman–Crippen MR) is 63.9 cm³/mol. The summed E-state index contributed by atoms with van der Waals surface area (Å²) < 4.78 is 4.94. The van der Waals surface area contributed by atoms with Gasteiger partial charge in [0.1, 0.15) is 6.07 Å². The number of allylic oxidation sites excluding steroid dienone is 5. The minimum atomic E-state index is 0. The van der Waals surface area contributed by atoms with E-state index in [-0.39, 0.29) is 23.1 Å². The van der Waals surface area contributed by atoms with Gasteiger partial charge < -0.3 is 9.84 Å². The van der Waals surface area contributed by atoms with Crippen molar-refractivity contribution in [3.05, 3.63) is 66.0 Å². The van der Waals surface area contributed by atoms with E-state index in [1.165, 1.54) is 5.56 Å². The fraction of sp³-hybridized carbons (Fsp3) is 0.154. The van der Waals surface area contributed by atoms with Gasteiger partial charge in [-0.25, -0.2) is 12.1 Å². The number of rotatable bonds is 3. The van der Waals surface area contributed by atoms with Crippen molar-refractivity contribution in [1.82, 2.24) is 0 Å². The van der Waals surface area contributed by atoms with Crippen molar-refractivity contribution in [2.24, 2.45) is 0 Å². The third-order valence-electron chi connectivity index (χ3n) is 1.90. The van der Waals surface area contributed by atoms with Crippen molar-refractivity contribution in [3.63, 3.8) is 0 Å². The van der Waals surface area contributed by atoms with Gasteiger partial charge in [-0.3, -0.25) is 0 Å². The molecule has 17 heavy (non-hydrogen) atoms. The maximum absolute atomic E-state index is 9.87. The zero-order valence-electron chi connectivity index (χ0n) is 9.16. The Morgan fingerprint density at radius 3 is 2.47 bits per heavy atom. The summed E-state index contributed by atoms with van der Waals surface area (Å²) in [4.78, 5) is 0. The third kappa shape index (κ3) is 7.14. The average Bonchev–Trinajstić information content (AvgIpc) is 3.00. The summed E-state index contributed by atoms with van der Waals surface area (Å²) in [5, 5.41) is 9.87. The molecule has 2 nitrogen and oxygen atoms in total. The molecule has 4 heteroatoms. The van der Waals surface area contributed by atoms with Crippen LogP contribution in [-0.4, -0.2) is 6.07 Å². The first-order valence-corrected chi connectivity index (χ1v) is 5.41. The molecule has 0 radical (unpaired) electrons. The number of hydrogen-bond acceptors (Lipinski definition) is 2. The van der Waals surface area contributed by atoms with Gasteiger partial charge in [-0.2, -0.15) is 12.1 Å². The van der Waals surface area contributed by atoms with Gasteiger partial charge in [0.2, 0.25) is 0 Å². The van der Waals surface area contributed by atoms with Gasteiger partial charge in [0, 0.05) is 0 Å². The van der Waals surface area contributed by atoms with Gasteiger partial charge in [-0.15, -0.1) is 11.8 Å². The van der Waals surface area contributed by atoms with E-state index in [1.54, 1.807) is 12.2 Å². The van der Waals surface area contributed by atoms with Crippen LogP contribution in [0.1, 0.15) is 5.56 Å². The monoisotopic (exact) mass is 292 g/mol.